The van der Waals surface area contributed by atoms with Gasteiger partial charge in [0.05, 0.1) is 12.4 Å². The molecule has 0 saturated carbocycles. The third kappa shape index (κ3) is 5.95. The van der Waals surface area contributed by atoms with Crippen LogP contribution in [-0.2, 0) is 20.5 Å². The molecule has 0 aliphatic carbocycles. The second kappa shape index (κ2) is 7.89. The monoisotopic (exact) mass is 335 g/mol. The lowest BCUT2D eigenvalue weighted by Crippen LogP contribution is -2.38. The van der Waals surface area contributed by atoms with Crippen LogP contribution in [0.25, 0.3) is 0 Å². The molecule has 1 rings (SSSR count). The highest BCUT2D eigenvalue weighted by Gasteiger charge is 2.17. The molecule has 0 saturated heterocycles. The topological polar surface area (TPSA) is 55.4 Å². The van der Waals surface area contributed by atoms with Gasteiger partial charge >= 0.3 is 0 Å². The molecule has 1 aromatic carbocycles. The molecular weight excluding hydrogens is 318 g/mol. The van der Waals surface area contributed by atoms with E-state index in [-0.39, 0.29) is 11.8 Å². The van der Waals surface area contributed by atoms with Gasteiger partial charge < -0.3 is 4.74 Å². The van der Waals surface area contributed by atoms with Gasteiger partial charge in [-0.3, -0.25) is 0 Å². The van der Waals surface area contributed by atoms with Crippen LogP contribution in [0.4, 0.5) is 0 Å². The molecule has 1 N–H and O–H groups in total. The normalized spacial score (nSPS) is 13.4. The Morgan fingerprint density at radius 3 is 2.56 bits per heavy atom. The maximum atomic E-state index is 12.0. The van der Waals surface area contributed by atoms with Crippen LogP contribution >= 0.6 is 15.9 Å². The number of hydrogen-bond donors (Lipinski definition) is 1. The molecule has 0 aliphatic heterocycles. The Morgan fingerprint density at radius 1 is 1.33 bits per heavy atom. The minimum Gasteiger partial charge on any atom is -0.383 e. The van der Waals surface area contributed by atoms with Crippen LogP contribution in [0.2, 0.25) is 0 Å². The lowest BCUT2D eigenvalue weighted by atomic mass is 10.2. The van der Waals surface area contributed by atoms with E-state index in [0.717, 1.165) is 10.9 Å². The van der Waals surface area contributed by atoms with Crippen molar-refractivity contribution >= 4 is 26.0 Å². The molecule has 1 atom stereocenters. The summed E-state index contributed by atoms with van der Waals surface area (Å²) >= 11 is 3.30. The van der Waals surface area contributed by atoms with Crippen LogP contribution in [0.1, 0.15) is 12.0 Å². The van der Waals surface area contributed by atoms with Crippen molar-refractivity contribution in [3.63, 3.8) is 0 Å². The molecule has 0 radical (unpaired) electrons. The second-order valence-electron chi connectivity index (χ2n) is 3.99. The third-order valence-corrected chi connectivity index (χ3v) is 4.23. The van der Waals surface area contributed by atoms with E-state index in [1.165, 1.54) is 0 Å². The predicted molar refractivity (Wildman–Crippen MR) is 76.3 cm³/mol. The average Bonchev–Trinajstić information content (AvgIpc) is 2.29. The van der Waals surface area contributed by atoms with Crippen LogP contribution in [-0.4, -0.2) is 33.5 Å². The van der Waals surface area contributed by atoms with E-state index in [9.17, 15) is 8.42 Å². The molecule has 4 nitrogen and oxygen atoms in total. The largest absolute Gasteiger partial charge is 0.383 e. The Morgan fingerprint density at radius 2 is 2.00 bits per heavy atom. The number of benzene rings is 1. The Kier molecular flexibility index (Phi) is 6.85. The lowest BCUT2D eigenvalue weighted by Gasteiger charge is -2.16. The number of methoxy groups -OCH3 is 1. The highest BCUT2D eigenvalue weighted by molar-refractivity contribution is 9.09. The van der Waals surface area contributed by atoms with Crippen molar-refractivity contribution in [1.82, 2.24) is 4.72 Å². The first-order valence-corrected chi connectivity index (χ1v) is 8.43. The summed E-state index contributed by atoms with van der Waals surface area (Å²) in [5.41, 5.74) is 0.778. The number of rotatable bonds is 8. The van der Waals surface area contributed by atoms with Crippen LogP contribution in [0.5, 0.6) is 0 Å². The van der Waals surface area contributed by atoms with Gasteiger partial charge in [-0.2, -0.15) is 0 Å². The molecule has 0 fully saturated rings. The molecule has 0 amide bonds. The molecule has 18 heavy (non-hydrogen) atoms. The van der Waals surface area contributed by atoms with E-state index >= 15 is 0 Å². The zero-order valence-corrected chi connectivity index (χ0v) is 12.7. The number of halogens is 1. The van der Waals surface area contributed by atoms with E-state index in [1.807, 2.05) is 18.2 Å². The Bertz CT molecular complexity index is 430. The Hall–Kier alpha value is -0.430. The van der Waals surface area contributed by atoms with Gasteiger partial charge in [-0.15, -0.1) is 0 Å². The molecular formula is C12H18BrNO3S. The summed E-state index contributed by atoms with van der Waals surface area (Å²) in [6.45, 7) is 0.375. The third-order valence-electron chi connectivity index (χ3n) is 2.37. The highest BCUT2D eigenvalue weighted by atomic mass is 79.9. The number of hydrogen-bond acceptors (Lipinski definition) is 3. The lowest BCUT2D eigenvalue weighted by molar-refractivity contribution is 0.173. The van der Waals surface area contributed by atoms with Gasteiger partial charge in [-0.25, -0.2) is 13.1 Å². The number of sulfonamides is 1. The van der Waals surface area contributed by atoms with Crippen LogP contribution in [0, 0.1) is 0 Å². The minimum absolute atomic E-state index is 0.00363. The maximum absolute atomic E-state index is 12.0. The molecule has 6 heteroatoms. The summed E-state index contributed by atoms with van der Waals surface area (Å²) < 4.78 is 31.6. The van der Waals surface area contributed by atoms with Crippen LogP contribution < -0.4 is 4.72 Å². The van der Waals surface area contributed by atoms with Crippen molar-refractivity contribution in [3.05, 3.63) is 35.9 Å². The Balaban J connectivity index is 2.63. The predicted octanol–water partition coefficient (Wildman–Crippen LogP) is 1.91. The van der Waals surface area contributed by atoms with Crippen molar-refractivity contribution in [2.45, 2.75) is 18.2 Å². The molecule has 0 aliphatic rings. The van der Waals surface area contributed by atoms with Gasteiger partial charge in [0, 0.05) is 18.5 Å². The fraction of sp³-hybridized carbons (Fsp3) is 0.500. The minimum atomic E-state index is -3.33. The first-order chi connectivity index (χ1) is 8.57. The quantitative estimate of drug-likeness (QED) is 0.738. The van der Waals surface area contributed by atoms with Crippen LogP contribution in [0.3, 0.4) is 0 Å². The summed E-state index contributed by atoms with van der Waals surface area (Å²) in [6.07, 6.45) is 0.696. The maximum Gasteiger partial charge on any atom is 0.216 e. The SMILES string of the molecule is COCC(CCBr)NS(=O)(=O)Cc1ccccc1. The van der Waals surface area contributed by atoms with Gasteiger partial charge in [-0.05, 0) is 12.0 Å². The first kappa shape index (κ1) is 15.6. The van der Waals surface area contributed by atoms with Gasteiger partial charge in [0.1, 0.15) is 0 Å². The fourth-order valence-corrected chi connectivity index (χ4v) is 3.56. The summed E-state index contributed by atoms with van der Waals surface area (Å²) in [6, 6.07) is 8.93. The molecule has 0 bridgehead atoms. The van der Waals surface area contributed by atoms with Gasteiger partial charge in [-0.1, -0.05) is 46.3 Å². The zero-order chi connectivity index (χ0) is 13.4. The number of ether oxygens (including phenoxy) is 1. The van der Waals surface area contributed by atoms with E-state index in [0.29, 0.717) is 13.0 Å². The molecule has 1 aromatic rings. The standard InChI is InChI=1S/C12H18BrNO3S/c1-17-9-12(7-8-13)14-18(15,16)10-11-5-3-2-4-6-11/h2-6,12,14H,7-10H2,1H3. The molecule has 0 heterocycles. The summed E-state index contributed by atoms with van der Waals surface area (Å²) in [4.78, 5) is 0. The summed E-state index contributed by atoms with van der Waals surface area (Å²) in [5, 5.41) is 0.731. The smallest absolute Gasteiger partial charge is 0.216 e. The molecule has 0 aromatic heterocycles. The van der Waals surface area contributed by atoms with Crippen molar-refractivity contribution in [2.75, 3.05) is 19.0 Å². The average molecular weight is 336 g/mol. The summed E-state index contributed by atoms with van der Waals surface area (Å²) in [7, 11) is -1.77. The second-order valence-corrected chi connectivity index (χ2v) is 6.54. The van der Waals surface area contributed by atoms with Gasteiger partial charge in [0.25, 0.3) is 0 Å². The van der Waals surface area contributed by atoms with Gasteiger partial charge in [0.2, 0.25) is 10.0 Å². The highest BCUT2D eigenvalue weighted by Crippen LogP contribution is 2.06. The Labute approximate surface area is 117 Å². The van der Waals surface area contributed by atoms with E-state index < -0.39 is 10.0 Å². The van der Waals surface area contributed by atoms with Crippen molar-refractivity contribution in [1.29, 1.82) is 0 Å². The van der Waals surface area contributed by atoms with Gasteiger partial charge in [0.15, 0.2) is 0 Å². The molecule has 1 unspecified atom stereocenters. The summed E-state index contributed by atoms with van der Waals surface area (Å²) in [5.74, 6) is -0.00363. The van der Waals surface area contributed by atoms with Crippen LogP contribution in [0.15, 0.2) is 30.3 Å². The number of nitrogens with one attached hydrogen (secondary N) is 1. The number of alkyl halides is 1. The zero-order valence-electron chi connectivity index (χ0n) is 10.3. The van der Waals surface area contributed by atoms with Crippen molar-refractivity contribution < 1.29 is 13.2 Å². The molecule has 102 valence electrons. The first-order valence-electron chi connectivity index (χ1n) is 5.66. The molecule has 0 spiro atoms. The van der Waals surface area contributed by atoms with E-state index in [2.05, 4.69) is 20.7 Å². The van der Waals surface area contributed by atoms with Crippen molar-refractivity contribution in [2.24, 2.45) is 0 Å². The fourth-order valence-electron chi connectivity index (χ4n) is 1.60. The van der Waals surface area contributed by atoms with E-state index in [1.54, 1.807) is 19.2 Å². The van der Waals surface area contributed by atoms with E-state index in [4.69, 9.17) is 4.74 Å². The van der Waals surface area contributed by atoms with Crippen molar-refractivity contribution in [3.8, 4) is 0 Å².